The van der Waals surface area contributed by atoms with Gasteiger partial charge in [-0.3, -0.25) is 4.79 Å². The lowest BCUT2D eigenvalue weighted by atomic mass is 9.98. The average molecular weight is 501 g/mol. The number of fused-ring (bicyclic) bond motifs is 1. The van der Waals surface area contributed by atoms with Gasteiger partial charge in [0.15, 0.2) is 0 Å². The third-order valence-corrected chi connectivity index (χ3v) is 6.87. The van der Waals surface area contributed by atoms with Crippen molar-refractivity contribution in [1.29, 1.82) is 0 Å². The Labute approximate surface area is 206 Å². The topological polar surface area (TPSA) is 108 Å². The maximum atomic E-state index is 12.2. The molecule has 0 saturated carbocycles. The van der Waals surface area contributed by atoms with Crippen LogP contribution >= 0.6 is 22.9 Å². The first-order valence-electron chi connectivity index (χ1n) is 10.8. The molecule has 3 aromatic rings. The van der Waals surface area contributed by atoms with Crippen LogP contribution < -0.4 is 15.8 Å². The van der Waals surface area contributed by atoms with Gasteiger partial charge in [0, 0.05) is 29.3 Å². The first-order chi connectivity index (χ1) is 16.2. The lowest BCUT2D eigenvalue weighted by Gasteiger charge is -2.27. The summed E-state index contributed by atoms with van der Waals surface area (Å²) in [6.07, 6.45) is 5.48. The van der Waals surface area contributed by atoms with Crippen LogP contribution in [0.15, 0.2) is 42.6 Å². The molecule has 4 rings (SSSR count). The van der Waals surface area contributed by atoms with E-state index in [4.69, 9.17) is 26.8 Å². The molecule has 1 aromatic carbocycles. The molecule has 1 aliphatic heterocycles. The van der Waals surface area contributed by atoms with Gasteiger partial charge in [-0.2, -0.15) is 0 Å². The number of ether oxygens (including phenoxy) is 2. The van der Waals surface area contributed by atoms with Crippen molar-refractivity contribution in [3.8, 4) is 16.3 Å². The van der Waals surface area contributed by atoms with Crippen molar-refractivity contribution in [2.45, 2.75) is 38.8 Å². The number of benzene rings is 1. The maximum Gasteiger partial charge on any atom is 0.407 e. The van der Waals surface area contributed by atoms with Gasteiger partial charge in [0.1, 0.15) is 22.1 Å². The zero-order valence-corrected chi connectivity index (χ0v) is 20.6. The van der Waals surface area contributed by atoms with Crippen LogP contribution in [-0.2, 0) is 16.8 Å². The van der Waals surface area contributed by atoms with Gasteiger partial charge in [0.05, 0.1) is 29.4 Å². The monoisotopic (exact) mass is 500 g/mol. The molecule has 0 aliphatic carbocycles. The standard InChI is InChI=1S/C24H25ClN4O4S/c1-4-32-23(31)28-14-9-10-29-17(13-27-20(29)11-14)19-12-18(21(34-19)22(26)30)33-24(2,3)15-7-5-6-8-16(15)25/h5-10,12-14H,4,11H2,1-3H3,(H2,26,30)(H,28,31). The Morgan fingerprint density at radius 2 is 2.12 bits per heavy atom. The summed E-state index contributed by atoms with van der Waals surface area (Å²) in [4.78, 5) is 29.5. The van der Waals surface area contributed by atoms with Gasteiger partial charge < -0.3 is 25.1 Å². The molecule has 10 heteroatoms. The zero-order chi connectivity index (χ0) is 24.5. The van der Waals surface area contributed by atoms with E-state index < -0.39 is 17.6 Å². The van der Waals surface area contributed by atoms with Crippen LogP contribution in [-0.4, -0.2) is 34.2 Å². The smallest absolute Gasteiger partial charge is 0.407 e. The molecule has 0 bridgehead atoms. The number of rotatable bonds is 7. The van der Waals surface area contributed by atoms with E-state index >= 15 is 0 Å². The summed E-state index contributed by atoms with van der Waals surface area (Å²) in [5, 5.41) is 3.37. The number of carbonyl (C=O) groups excluding carboxylic acids is 2. The van der Waals surface area contributed by atoms with E-state index in [-0.39, 0.29) is 6.04 Å². The first-order valence-corrected chi connectivity index (χ1v) is 11.9. The highest BCUT2D eigenvalue weighted by atomic mass is 35.5. The number of primary amides is 1. The molecule has 8 nitrogen and oxygen atoms in total. The molecule has 0 radical (unpaired) electrons. The van der Waals surface area contributed by atoms with Gasteiger partial charge in [0.25, 0.3) is 5.91 Å². The number of nitrogens with two attached hydrogens (primary N) is 1. The normalized spacial score (nSPS) is 15.0. The van der Waals surface area contributed by atoms with Crippen molar-refractivity contribution in [3.63, 3.8) is 0 Å². The number of hydrogen-bond donors (Lipinski definition) is 2. The molecule has 0 spiro atoms. The minimum atomic E-state index is -0.802. The summed E-state index contributed by atoms with van der Waals surface area (Å²) in [6, 6.07) is 8.99. The lowest BCUT2D eigenvalue weighted by molar-refractivity contribution is 0.0956. The Kier molecular flexibility index (Phi) is 6.67. The molecule has 3 N–H and O–H groups in total. The fourth-order valence-electron chi connectivity index (χ4n) is 3.80. The molecule has 34 heavy (non-hydrogen) atoms. The van der Waals surface area contributed by atoms with Crippen LogP contribution in [0, 0.1) is 0 Å². The minimum absolute atomic E-state index is 0.221. The second-order valence-corrected chi connectivity index (χ2v) is 9.67. The molecular formula is C24H25ClN4O4S. The summed E-state index contributed by atoms with van der Waals surface area (Å²) < 4.78 is 13.2. The van der Waals surface area contributed by atoms with Crippen LogP contribution in [0.4, 0.5) is 4.79 Å². The summed E-state index contributed by atoms with van der Waals surface area (Å²) in [7, 11) is 0. The second kappa shape index (κ2) is 9.52. The molecule has 2 aromatic heterocycles. The van der Waals surface area contributed by atoms with Crippen LogP contribution in [0.25, 0.3) is 16.8 Å². The van der Waals surface area contributed by atoms with E-state index in [1.165, 1.54) is 11.3 Å². The van der Waals surface area contributed by atoms with E-state index in [0.717, 1.165) is 22.0 Å². The van der Waals surface area contributed by atoms with Crippen LogP contribution in [0.2, 0.25) is 5.02 Å². The number of thiophene rings is 1. The third kappa shape index (κ3) is 4.80. The Hall–Kier alpha value is -3.30. The molecular weight excluding hydrogens is 476 g/mol. The number of carbonyl (C=O) groups is 2. The van der Waals surface area contributed by atoms with Gasteiger partial charge in [-0.25, -0.2) is 9.78 Å². The highest BCUT2D eigenvalue weighted by Gasteiger charge is 2.29. The lowest BCUT2D eigenvalue weighted by Crippen LogP contribution is -2.37. The van der Waals surface area contributed by atoms with E-state index in [0.29, 0.717) is 28.7 Å². The van der Waals surface area contributed by atoms with E-state index in [1.54, 1.807) is 25.3 Å². The number of nitrogens with one attached hydrogen (secondary N) is 1. The second-order valence-electron chi connectivity index (χ2n) is 8.21. The van der Waals surface area contributed by atoms with E-state index in [2.05, 4.69) is 10.3 Å². The Morgan fingerprint density at radius 3 is 2.82 bits per heavy atom. The van der Waals surface area contributed by atoms with Gasteiger partial charge in [-0.05, 0) is 32.9 Å². The van der Waals surface area contributed by atoms with Gasteiger partial charge >= 0.3 is 6.09 Å². The highest BCUT2D eigenvalue weighted by Crippen LogP contribution is 2.41. The molecule has 1 unspecified atom stereocenters. The van der Waals surface area contributed by atoms with Crippen LogP contribution in [0.3, 0.4) is 0 Å². The number of halogens is 1. The molecule has 0 fully saturated rings. The summed E-state index contributed by atoms with van der Waals surface area (Å²) in [6.45, 7) is 5.83. The van der Waals surface area contributed by atoms with Crippen LogP contribution in [0.1, 0.15) is 41.8 Å². The summed E-state index contributed by atoms with van der Waals surface area (Å²) in [5.41, 5.74) is 6.46. The number of aromatic nitrogens is 2. The Bertz CT molecular complexity index is 1260. The SMILES string of the molecule is CCOC(=O)NC1C=Cn2c(-c3cc(OC(C)(C)c4ccccc4Cl)c(C(N)=O)s3)cnc2C1. The molecule has 178 valence electrons. The quantitative estimate of drug-likeness (QED) is 0.483. The zero-order valence-electron chi connectivity index (χ0n) is 19.0. The van der Waals surface area contributed by atoms with E-state index in [1.807, 2.05) is 48.9 Å². The van der Waals surface area contributed by atoms with Crippen molar-refractivity contribution in [2.75, 3.05) is 6.61 Å². The van der Waals surface area contributed by atoms with E-state index in [9.17, 15) is 9.59 Å². The molecule has 2 amide bonds. The highest BCUT2D eigenvalue weighted by molar-refractivity contribution is 7.17. The van der Waals surface area contributed by atoms with Gasteiger partial charge in [0.2, 0.25) is 0 Å². The average Bonchev–Trinajstić information content (AvgIpc) is 3.37. The largest absolute Gasteiger partial charge is 0.481 e. The maximum absolute atomic E-state index is 12.2. The predicted octanol–water partition coefficient (Wildman–Crippen LogP) is 4.82. The van der Waals surface area contributed by atoms with Crippen molar-refractivity contribution < 1.29 is 19.1 Å². The Morgan fingerprint density at radius 1 is 1.35 bits per heavy atom. The number of amides is 2. The summed E-state index contributed by atoms with van der Waals surface area (Å²) in [5.74, 6) is 0.579. The molecule has 0 saturated heterocycles. The van der Waals surface area contributed by atoms with Crippen molar-refractivity contribution in [3.05, 3.63) is 63.9 Å². The first kappa shape index (κ1) is 23.8. The molecule has 1 aliphatic rings. The molecule has 3 heterocycles. The minimum Gasteiger partial charge on any atom is -0.481 e. The fourth-order valence-corrected chi connectivity index (χ4v) is 5.11. The van der Waals surface area contributed by atoms with Crippen LogP contribution in [0.5, 0.6) is 5.75 Å². The van der Waals surface area contributed by atoms with Crippen molar-refractivity contribution in [2.24, 2.45) is 5.73 Å². The number of alkyl carbamates (subject to hydrolysis) is 1. The number of hydrogen-bond acceptors (Lipinski definition) is 6. The Balaban J connectivity index is 1.62. The number of imidazole rings is 1. The van der Waals surface area contributed by atoms with Crippen molar-refractivity contribution >= 4 is 41.1 Å². The fraction of sp³-hybridized carbons (Fsp3) is 0.292. The van der Waals surface area contributed by atoms with Gasteiger partial charge in [-0.15, -0.1) is 11.3 Å². The predicted molar refractivity (Wildman–Crippen MR) is 132 cm³/mol. The third-order valence-electron chi connectivity index (χ3n) is 5.38. The number of nitrogens with zero attached hydrogens (tertiary/aromatic N) is 2. The summed E-state index contributed by atoms with van der Waals surface area (Å²) >= 11 is 7.62. The van der Waals surface area contributed by atoms with Gasteiger partial charge in [-0.1, -0.05) is 29.8 Å². The van der Waals surface area contributed by atoms with Crippen molar-refractivity contribution in [1.82, 2.24) is 14.9 Å². The molecule has 1 atom stereocenters.